The van der Waals surface area contributed by atoms with Crippen molar-refractivity contribution in [1.82, 2.24) is 9.80 Å². The van der Waals surface area contributed by atoms with Gasteiger partial charge in [-0.3, -0.25) is 9.59 Å². The lowest BCUT2D eigenvalue weighted by Crippen LogP contribution is -2.32. The van der Waals surface area contributed by atoms with Crippen molar-refractivity contribution in [2.75, 3.05) is 27.2 Å². The van der Waals surface area contributed by atoms with Crippen molar-refractivity contribution in [1.29, 1.82) is 0 Å². The first-order valence-electron chi connectivity index (χ1n) is 9.38. The van der Waals surface area contributed by atoms with Gasteiger partial charge in [0.2, 0.25) is 0 Å². The fourth-order valence-electron chi connectivity index (χ4n) is 3.53. The Bertz CT molecular complexity index is 1020. The van der Waals surface area contributed by atoms with E-state index < -0.39 is 29.3 Å². The van der Waals surface area contributed by atoms with Crippen LogP contribution in [0.1, 0.15) is 23.6 Å². The minimum Gasteiger partial charge on any atom is -0.507 e. The van der Waals surface area contributed by atoms with Crippen LogP contribution in [-0.2, 0) is 9.59 Å². The Balaban J connectivity index is 2.16. The number of nitrogens with zero attached hydrogens (tertiary/aromatic N) is 2. The molecule has 0 unspecified atom stereocenters. The summed E-state index contributed by atoms with van der Waals surface area (Å²) in [5.41, 5.74) is -0.299. The number of aromatic hydroxyl groups is 1. The lowest BCUT2D eigenvalue weighted by Gasteiger charge is -2.26. The van der Waals surface area contributed by atoms with Gasteiger partial charge in [-0.25, -0.2) is 4.39 Å². The molecule has 8 heteroatoms. The third-order valence-corrected chi connectivity index (χ3v) is 5.19. The fourth-order valence-corrected chi connectivity index (χ4v) is 3.70. The maximum atomic E-state index is 14.7. The number of phenolic OH excluding ortho intramolecular Hbond substituents is 1. The van der Waals surface area contributed by atoms with E-state index >= 15 is 0 Å². The van der Waals surface area contributed by atoms with Crippen LogP contribution in [0.4, 0.5) is 4.39 Å². The summed E-state index contributed by atoms with van der Waals surface area (Å²) in [5, 5.41) is 21.3. The van der Waals surface area contributed by atoms with Gasteiger partial charge in [-0.2, -0.15) is 0 Å². The molecule has 1 atom stereocenters. The first-order valence-corrected chi connectivity index (χ1v) is 9.76. The number of hydrogen-bond acceptors (Lipinski definition) is 5. The maximum absolute atomic E-state index is 14.7. The van der Waals surface area contributed by atoms with Crippen molar-refractivity contribution < 1.29 is 24.2 Å². The van der Waals surface area contributed by atoms with Crippen LogP contribution >= 0.6 is 11.6 Å². The van der Waals surface area contributed by atoms with Crippen LogP contribution in [-0.4, -0.2) is 58.9 Å². The molecule has 30 heavy (non-hydrogen) atoms. The second-order valence-corrected chi connectivity index (χ2v) is 7.77. The van der Waals surface area contributed by atoms with Gasteiger partial charge in [-0.05, 0) is 51.3 Å². The van der Waals surface area contributed by atoms with Gasteiger partial charge in [0.15, 0.2) is 0 Å². The number of likely N-dealkylation sites (tertiary alicyclic amines) is 1. The summed E-state index contributed by atoms with van der Waals surface area (Å²) in [4.78, 5) is 28.8. The second kappa shape index (κ2) is 8.85. The van der Waals surface area contributed by atoms with Crippen molar-refractivity contribution >= 4 is 29.1 Å². The molecule has 0 aliphatic carbocycles. The summed E-state index contributed by atoms with van der Waals surface area (Å²) < 4.78 is 14.7. The van der Waals surface area contributed by atoms with Crippen molar-refractivity contribution in [2.24, 2.45) is 0 Å². The highest BCUT2D eigenvalue weighted by Crippen LogP contribution is 2.41. The van der Waals surface area contributed by atoms with E-state index in [1.807, 2.05) is 19.0 Å². The van der Waals surface area contributed by atoms with Gasteiger partial charge in [0.05, 0.1) is 17.2 Å². The molecule has 0 saturated carbocycles. The molecule has 0 aromatic heterocycles. The summed E-state index contributed by atoms with van der Waals surface area (Å²) in [5.74, 6) is -3.29. The molecule has 0 spiro atoms. The van der Waals surface area contributed by atoms with Crippen LogP contribution in [0.3, 0.4) is 0 Å². The van der Waals surface area contributed by atoms with Crippen LogP contribution in [0.5, 0.6) is 5.75 Å². The first kappa shape index (κ1) is 21.8. The smallest absolute Gasteiger partial charge is 0.295 e. The highest BCUT2D eigenvalue weighted by atomic mass is 35.5. The SMILES string of the molecule is CN(C)CCCN1C(=O)C(=O)C(=C(O)c2cc(Cl)ccc2O)[C@@H]1c1ccccc1F. The molecule has 1 fully saturated rings. The van der Waals surface area contributed by atoms with Gasteiger partial charge in [-0.1, -0.05) is 29.8 Å². The van der Waals surface area contributed by atoms with E-state index in [4.69, 9.17) is 11.6 Å². The van der Waals surface area contributed by atoms with Crippen LogP contribution in [0.2, 0.25) is 5.02 Å². The summed E-state index contributed by atoms with van der Waals surface area (Å²) in [6.45, 7) is 0.849. The van der Waals surface area contributed by atoms with E-state index in [2.05, 4.69) is 0 Å². The molecule has 0 bridgehead atoms. The molecule has 1 heterocycles. The van der Waals surface area contributed by atoms with E-state index in [0.29, 0.717) is 13.0 Å². The number of amides is 1. The molecule has 6 nitrogen and oxygen atoms in total. The highest BCUT2D eigenvalue weighted by molar-refractivity contribution is 6.46. The lowest BCUT2D eigenvalue weighted by molar-refractivity contribution is -0.140. The standard InChI is InChI=1S/C22H22ClFN2O4/c1-25(2)10-5-11-26-19(14-6-3-4-7-16(14)24)18(21(29)22(26)30)20(28)15-12-13(23)8-9-17(15)27/h3-4,6-9,12,19,27-28H,5,10-11H2,1-2H3/t19-/m0/s1. The molecule has 2 aromatic rings. The fraction of sp³-hybridized carbons (Fsp3) is 0.273. The van der Waals surface area contributed by atoms with Crippen LogP contribution in [0.25, 0.3) is 5.76 Å². The maximum Gasteiger partial charge on any atom is 0.295 e. The average molecular weight is 433 g/mol. The topological polar surface area (TPSA) is 81.1 Å². The van der Waals surface area contributed by atoms with Gasteiger partial charge in [0, 0.05) is 17.1 Å². The van der Waals surface area contributed by atoms with Crippen molar-refractivity contribution in [3.63, 3.8) is 0 Å². The van der Waals surface area contributed by atoms with E-state index in [1.165, 1.54) is 41.3 Å². The third kappa shape index (κ3) is 4.17. The number of benzene rings is 2. The number of carbonyl (C=O) groups is 2. The van der Waals surface area contributed by atoms with E-state index in [9.17, 15) is 24.2 Å². The number of aliphatic hydroxyl groups excluding tert-OH is 1. The van der Waals surface area contributed by atoms with Crippen LogP contribution < -0.4 is 0 Å². The summed E-state index contributed by atoms with van der Waals surface area (Å²) in [7, 11) is 3.76. The lowest BCUT2D eigenvalue weighted by atomic mass is 9.94. The van der Waals surface area contributed by atoms with Crippen molar-refractivity contribution in [2.45, 2.75) is 12.5 Å². The zero-order valence-electron chi connectivity index (χ0n) is 16.6. The number of halogens is 2. The number of hydrogen-bond donors (Lipinski definition) is 2. The van der Waals surface area contributed by atoms with Crippen molar-refractivity contribution in [3.8, 4) is 5.75 Å². The van der Waals surface area contributed by atoms with Gasteiger partial charge in [0.25, 0.3) is 11.7 Å². The average Bonchev–Trinajstić information content (AvgIpc) is 2.94. The van der Waals surface area contributed by atoms with E-state index in [1.54, 1.807) is 6.07 Å². The Morgan fingerprint density at radius 3 is 2.57 bits per heavy atom. The Kier molecular flexibility index (Phi) is 6.43. The van der Waals surface area contributed by atoms with E-state index in [0.717, 1.165) is 0 Å². The predicted molar refractivity (Wildman–Crippen MR) is 112 cm³/mol. The molecule has 1 aliphatic rings. The molecule has 1 saturated heterocycles. The molecule has 0 radical (unpaired) electrons. The monoisotopic (exact) mass is 432 g/mol. The number of phenols is 1. The Morgan fingerprint density at radius 2 is 1.90 bits per heavy atom. The quantitative estimate of drug-likeness (QED) is 0.414. The molecule has 1 amide bonds. The molecule has 1 aliphatic heterocycles. The predicted octanol–water partition coefficient (Wildman–Crippen LogP) is 3.56. The second-order valence-electron chi connectivity index (χ2n) is 7.33. The molecular weight excluding hydrogens is 411 g/mol. The van der Waals surface area contributed by atoms with Crippen LogP contribution in [0, 0.1) is 5.82 Å². The van der Waals surface area contributed by atoms with Gasteiger partial charge < -0.3 is 20.0 Å². The molecule has 158 valence electrons. The Labute approximate surface area is 178 Å². The first-order chi connectivity index (χ1) is 14.2. The number of ketones is 1. The molecular formula is C22H22ClFN2O4. The third-order valence-electron chi connectivity index (χ3n) is 4.96. The highest BCUT2D eigenvalue weighted by Gasteiger charge is 2.46. The number of aliphatic hydroxyl groups is 1. The van der Waals surface area contributed by atoms with E-state index in [-0.39, 0.29) is 34.0 Å². The summed E-state index contributed by atoms with van der Waals surface area (Å²) >= 11 is 5.97. The summed E-state index contributed by atoms with van der Waals surface area (Å²) in [6, 6.07) is 8.64. The minimum absolute atomic E-state index is 0.0876. The zero-order chi connectivity index (χ0) is 22.0. The number of rotatable bonds is 6. The molecule has 3 rings (SSSR count). The number of carbonyl (C=O) groups excluding carboxylic acids is 2. The summed E-state index contributed by atoms with van der Waals surface area (Å²) in [6.07, 6.45) is 0.549. The zero-order valence-corrected chi connectivity index (χ0v) is 17.4. The van der Waals surface area contributed by atoms with Gasteiger partial charge in [0.1, 0.15) is 17.3 Å². The minimum atomic E-state index is -1.12. The van der Waals surface area contributed by atoms with Crippen LogP contribution in [0.15, 0.2) is 48.0 Å². The Hall–Kier alpha value is -2.90. The van der Waals surface area contributed by atoms with Gasteiger partial charge in [-0.15, -0.1) is 0 Å². The Morgan fingerprint density at radius 1 is 1.20 bits per heavy atom. The molecule has 2 N–H and O–H groups in total. The molecule has 2 aromatic carbocycles. The van der Waals surface area contributed by atoms with Crippen molar-refractivity contribution in [3.05, 3.63) is 70.0 Å². The number of Topliss-reactive ketones (excluding diaryl/α,β-unsaturated/α-hetero) is 1. The normalized spacial score (nSPS) is 18.4. The largest absolute Gasteiger partial charge is 0.507 e. The van der Waals surface area contributed by atoms with Gasteiger partial charge >= 0.3 is 0 Å².